The lowest BCUT2D eigenvalue weighted by atomic mass is 10.1. The maximum Gasteiger partial charge on any atom is 0.338 e. The van der Waals surface area contributed by atoms with Gasteiger partial charge in [-0.1, -0.05) is 31.5 Å². The Kier molecular flexibility index (Phi) is 6.06. The Balaban J connectivity index is 2.30. The van der Waals surface area contributed by atoms with Crippen molar-refractivity contribution in [1.82, 2.24) is 5.32 Å². The zero-order chi connectivity index (χ0) is 14.3. The molecular formula is C15H21NO3. The van der Waals surface area contributed by atoms with E-state index in [1.165, 1.54) is 0 Å². The molecule has 1 aromatic rings. The lowest BCUT2D eigenvalue weighted by Crippen LogP contribution is -2.30. The van der Waals surface area contributed by atoms with Crippen LogP contribution in [-0.4, -0.2) is 25.0 Å². The fraction of sp³-hybridized carbons (Fsp3) is 0.467. The first-order chi connectivity index (χ1) is 8.99. The number of esters is 1. The summed E-state index contributed by atoms with van der Waals surface area (Å²) in [6.45, 7) is 6.49. The number of carbonyl (C=O) groups excluding carboxylic acids is 2. The fourth-order valence-corrected chi connectivity index (χ4v) is 1.46. The number of aryl methyl sites for hydroxylation is 1. The minimum Gasteiger partial charge on any atom is -0.452 e. The highest BCUT2D eigenvalue weighted by Crippen LogP contribution is 2.04. The first kappa shape index (κ1) is 15.2. The van der Waals surface area contributed by atoms with Gasteiger partial charge in [0.05, 0.1) is 5.56 Å². The van der Waals surface area contributed by atoms with Crippen molar-refractivity contribution < 1.29 is 14.3 Å². The number of rotatable bonds is 6. The number of hydrogen-bond acceptors (Lipinski definition) is 3. The summed E-state index contributed by atoms with van der Waals surface area (Å²) >= 11 is 0. The molecule has 1 rings (SSSR count). The van der Waals surface area contributed by atoms with E-state index in [2.05, 4.69) is 19.2 Å². The van der Waals surface area contributed by atoms with Crippen molar-refractivity contribution in [3.05, 3.63) is 35.4 Å². The first-order valence-corrected chi connectivity index (χ1v) is 6.49. The van der Waals surface area contributed by atoms with E-state index in [0.29, 0.717) is 18.0 Å². The van der Waals surface area contributed by atoms with Gasteiger partial charge in [-0.25, -0.2) is 4.79 Å². The van der Waals surface area contributed by atoms with Crippen molar-refractivity contribution in [2.24, 2.45) is 5.92 Å². The topological polar surface area (TPSA) is 55.4 Å². The molecule has 0 atom stereocenters. The molecule has 0 radical (unpaired) electrons. The first-order valence-electron chi connectivity index (χ1n) is 6.49. The van der Waals surface area contributed by atoms with E-state index in [4.69, 9.17) is 4.74 Å². The Morgan fingerprint density at radius 3 is 2.42 bits per heavy atom. The van der Waals surface area contributed by atoms with Crippen LogP contribution in [0.4, 0.5) is 0 Å². The van der Waals surface area contributed by atoms with Crippen molar-refractivity contribution in [2.45, 2.75) is 27.2 Å². The van der Waals surface area contributed by atoms with Crippen molar-refractivity contribution in [2.75, 3.05) is 13.2 Å². The van der Waals surface area contributed by atoms with Crippen molar-refractivity contribution >= 4 is 11.9 Å². The van der Waals surface area contributed by atoms with Crippen LogP contribution in [0.15, 0.2) is 24.3 Å². The number of amides is 1. The number of benzene rings is 1. The van der Waals surface area contributed by atoms with Crippen molar-refractivity contribution in [3.63, 3.8) is 0 Å². The quantitative estimate of drug-likeness (QED) is 0.801. The van der Waals surface area contributed by atoms with E-state index >= 15 is 0 Å². The fourth-order valence-electron chi connectivity index (χ4n) is 1.46. The molecule has 4 heteroatoms. The molecule has 104 valence electrons. The minimum atomic E-state index is -0.473. The van der Waals surface area contributed by atoms with Gasteiger partial charge in [0.2, 0.25) is 0 Å². The molecule has 0 unspecified atom stereocenters. The summed E-state index contributed by atoms with van der Waals surface area (Å²) in [6, 6.07) is 7.04. The van der Waals surface area contributed by atoms with E-state index in [9.17, 15) is 9.59 Å². The Labute approximate surface area is 114 Å². The molecule has 0 aromatic heterocycles. The van der Waals surface area contributed by atoms with Crippen LogP contribution >= 0.6 is 0 Å². The maximum absolute atomic E-state index is 11.6. The Bertz CT molecular complexity index is 424. The number of carbonyl (C=O) groups is 2. The summed E-state index contributed by atoms with van der Waals surface area (Å²) in [5.74, 6) is -0.199. The summed E-state index contributed by atoms with van der Waals surface area (Å²) < 4.78 is 4.94. The lowest BCUT2D eigenvalue weighted by Gasteiger charge is -2.08. The molecule has 0 heterocycles. The monoisotopic (exact) mass is 263 g/mol. The smallest absolute Gasteiger partial charge is 0.338 e. The predicted octanol–water partition coefficient (Wildman–Crippen LogP) is 2.31. The SMILES string of the molecule is Cc1ccc(C(=O)OCC(=O)NCCC(C)C)cc1. The highest BCUT2D eigenvalue weighted by Gasteiger charge is 2.09. The zero-order valence-corrected chi connectivity index (χ0v) is 11.7. The molecule has 1 aromatic carbocycles. The predicted molar refractivity (Wildman–Crippen MR) is 73.9 cm³/mol. The third kappa shape index (κ3) is 6.04. The van der Waals surface area contributed by atoms with Gasteiger partial charge in [0.25, 0.3) is 5.91 Å². The molecule has 0 fully saturated rings. The Morgan fingerprint density at radius 2 is 1.84 bits per heavy atom. The maximum atomic E-state index is 11.6. The van der Waals surface area contributed by atoms with Crippen LogP contribution in [0.3, 0.4) is 0 Å². The van der Waals surface area contributed by atoms with E-state index in [1.54, 1.807) is 12.1 Å². The molecule has 4 nitrogen and oxygen atoms in total. The highest BCUT2D eigenvalue weighted by atomic mass is 16.5. The van der Waals surface area contributed by atoms with Gasteiger partial charge >= 0.3 is 5.97 Å². The van der Waals surface area contributed by atoms with E-state index in [0.717, 1.165) is 12.0 Å². The molecule has 0 aliphatic carbocycles. The average molecular weight is 263 g/mol. The van der Waals surface area contributed by atoms with E-state index < -0.39 is 5.97 Å². The van der Waals surface area contributed by atoms with Crippen LogP contribution in [0, 0.1) is 12.8 Å². The van der Waals surface area contributed by atoms with Gasteiger partial charge in [-0.15, -0.1) is 0 Å². The summed E-state index contributed by atoms with van der Waals surface area (Å²) in [7, 11) is 0. The zero-order valence-electron chi connectivity index (χ0n) is 11.7. The molecule has 1 N–H and O–H groups in total. The number of hydrogen-bond donors (Lipinski definition) is 1. The highest BCUT2D eigenvalue weighted by molar-refractivity contribution is 5.91. The molecule has 1 amide bonds. The second kappa shape index (κ2) is 7.56. The van der Waals surface area contributed by atoms with Gasteiger partial charge in [0, 0.05) is 6.54 Å². The second-order valence-electron chi connectivity index (χ2n) is 4.97. The molecule has 0 bridgehead atoms. The molecule has 0 saturated carbocycles. The van der Waals surface area contributed by atoms with E-state index in [-0.39, 0.29) is 12.5 Å². The number of nitrogens with one attached hydrogen (secondary N) is 1. The summed E-state index contributed by atoms with van der Waals surface area (Å²) in [6.07, 6.45) is 0.914. The largest absolute Gasteiger partial charge is 0.452 e. The van der Waals surface area contributed by atoms with Crippen LogP contribution in [-0.2, 0) is 9.53 Å². The van der Waals surface area contributed by atoms with Gasteiger partial charge in [-0.2, -0.15) is 0 Å². The van der Waals surface area contributed by atoms with Crippen LogP contribution in [0.25, 0.3) is 0 Å². The third-order valence-corrected chi connectivity index (χ3v) is 2.67. The molecule has 0 saturated heterocycles. The summed E-state index contributed by atoms with van der Waals surface area (Å²) in [5.41, 5.74) is 1.53. The summed E-state index contributed by atoms with van der Waals surface area (Å²) in [4.78, 5) is 23.1. The Morgan fingerprint density at radius 1 is 1.21 bits per heavy atom. The molecule has 0 aliphatic heterocycles. The van der Waals surface area contributed by atoms with Crippen LogP contribution in [0.5, 0.6) is 0 Å². The standard InChI is InChI=1S/C15H21NO3/c1-11(2)8-9-16-14(17)10-19-15(18)13-6-4-12(3)5-7-13/h4-7,11H,8-10H2,1-3H3,(H,16,17). The normalized spacial score (nSPS) is 10.3. The van der Waals surface area contributed by atoms with Crippen molar-refractivity contribution in [1.29, 1.82) is 0 Å². The van der Waals surface area contributed by atoms with Gasteiger partial charge in [-0.3, -0.25) is 4.79 Å². The average Bonchev–Trinajstić information content (AvgIpc) is 2.36. The lowest BCUT2D eigenvalue weighted by molar-refractivity contribution is -0.124. The molecule has 0 aliphatic rings. The van der Waals surface area contributed by atoms with Crippen molar-refractivity contribution in [3.8, 4) is 0 Å². The van der Waals surface area contributed by atoms with Crippen LogP contribution in [0.2, 0.25) is 0 Å². The van der Waals surface area contributed by atoms with Gasteiger partial charge in [-0.05, 0) is 31.4 Å². The third-order valence-electron chi connectivity index (χ3n) is 2.67. The van der Waals surface area contributed by atoms with E-state index in [1.807, 2.05) is 19.1 Å². The molecular weight excluding hydrogens is 242 g/mol. The van der Waals surface area contributed by atoms with Gasteiger partial charge in [0.1, 0.15) is 0 Å². The molecule has 0 spiro atoms. The minimum absolute atomic E-state index is 0.231. The number of ether oxygens (including phenoxy) is 1. The van der Waals surface area contributed by atoms with Crippen LogP contribution < -0.4 is 5.32 Å². The van der Waals surface area contributed by atoms with Gasteiger partial charge in [0.15, 0.2) is 6.61 Å². The second-order valence-corrected chi connectivity index (χ2v) is 4.97. The molecule has 19 heavy (non-hydrogen) atoms. The van der Waals surface area contributed by atoms with Crippen LogP contribution in [0.1, 0.15) is 36.2 Å². The Hall–Kier alpha value is -1.84. The van der Waals surface area contributed by atoms with Gasteiger partial charge < -0.3 is 10.1 Å². The summed E-state index contributed by atoms with van der Waals surface area (Å²) in [5, 5.41) is 2.71.